The van der Waals surface area contributed by atoms with E-state index in [1.54, 1.807) is 6.07 Å². The number of hydrogen-bond acceptors (Lipinski definition) is 2. The maximum absolute atomic E-state index is 14.0. The monoisotopic (exact) mass is 341 g/mol. The van der Waals surface area contributed by atoms with Gasteiger partial charge in [0.05, 0.1) is 5.60 Å². The lowest BCUT2D eigenvalue weighted by atomic mass is 9.79. The summed E-state index contributed by atoms with van der Waals surface area (Å²) in [6.45, 7) is 0.758. The Morgan fingerprint density at radius 1 is 1.35 bits per heavy atom. The number of halogens is 2. The van der Waals surface area contributed by atoms with Crippen molar-refractivity contribution in [2.24, 2.45) is 11.7 Å². The molecule has 1 heterocycles. The van der Waals surface area contributed by atoms with Crippen LogP contribution >= 0.6 is 15.9 Å². The summed E-state index contributed by atoms with van der Waals surface area (Å²) in [6.07, 6.45) is 6.66. The molecule has 0 amide bonds. The third-order valence-electron chi connectivity index (χ3n) is 4.87. The van der Waals surface area contributed by atoms with E-state index >= 15 is 0 Å². The minimum absolute atomic E-state index is 0.0308. The minimum atomic E-state index is -0.242. The van der Waals surface area contributed by atoms with Gasteiger partial charge in [-0.1, -0.05) is 28.8 Å². The van der Waals surface area contributed by atoms with Crippen molar-refractivity contribution in [1.82, 2.24) is 0 Å². The van der Waals surface area contributed by atoms with Gasteiger partial charge in [0, 0.05) is 22.7 Å². The van der Waals surface area contributed by atoms with Gasteiger partial charge in [-0.05, 0) is 49.8 Å². The van der Waals surface area contributed by atoms with E-state index in [9.17, 15) is 4.39 Å². The van der Waals surface area contributed by atoms with Crippen molar-refractivity contribution in [3.8, 4) is 0 Å². The zero-order valence-electron chi connectivity index (χ0n) is 11.6. The van der Waals surface area contributed by atoms with Crippen LogP contribution in [0.4, 0.5) is 4.39 Å². The number of hydrogen-bond donors (Lipinski definition) is 1. The minimum Gasteiger partial charge on any atom is -0.375 e. The van der Waals surface area contributed by atoms with E-state index in [-0.39, 0.29) is 17.5 Å². The van der Waals surface area contributed by atoms with Gasteiger partial charge in [0.2, 0.25) is 0 Å². The molecular formula is C16H21BrFNO. The van der Waals surface area contributed by atoms with Crippen LogP contribution in [0, 0.1) is 11.7 Å². The van der Waals surface area contributed by atoms with Crippen LogP contribution in [-0.2, 0) is 4.74 Å². The van der Waals surface area contributed by atoms with Crippen LogP contribution < -0.4 is 5.73 Å². The molecule has 0 aromatic heterocycles. The first-order valence-corrected chi connectivity index (χ1v) is 8.23. The molecule has 0 radical (unpaired) electrons. The van der Waals surface area contributed by atoms with E-state index in [4.69, 9.17) is 10.5 Å². The molecule has 2 fully saturated rings. The van der Waals surface area contributed by atoms with Crippen LogP contribution in [0.15, 0.2) is 22.7 Å². The highest BCUT2D eigenvalue weighted by atomic mass is 79.9. The average Bonchev–Trinajstić information content (AvgIpc) is 2.88. The Morgan fingerprint density at radius 3 is 2.85 bits per heavy atom. The van der Waals surface area contributed by atoms with E-state index < -0.39 is 0 Å². The summed E-state index contributed by atoms with van der Waals surface area (Å²) in [6, 6.07) is 4.78. The second-order valence-corrected chi connectivity index (χ2v) is 7.10. The Balaban J connectivity index is 1.79. The molecule has 110 valence electrons. The highest BCUT2D eigenvalue weighted by Crippen LogP contribution is 2.45. The highest BCUT2D eigenvalue weighted by Gasteiger charge is 2.41. The summed E-state index contributed by atoms with van der Waals surface area (Å²) in [5.74, 6) is 0.110. The van der Waals surface area contributed by atoms with Crippen molar-refractivity contribution in [2.75, 3.05) is 6.61 Å². The number of benzene rings is 1. The lowest BCUT2D eigenvalue weighted by molar-refractivity contribution is -0.0965. The predicted molar refractivity (Wildman–Crippen MR) is 80.9 cm³/mol. The molecule has 2 unspecified atom stereocenters. The van der Waals surface area contributed by atoms with Gasteiger partial charge in [0.25, 0.3) is 0 Å². The third-order valence-corrected chi connectivity index (χ3v) is 5.36. The van der Waals surface area contributed by atoms with Gasteiger partial charge in [-0.2, -0.15) is 0 Å². The zero-order chi connectivity index (χ0) is 14.2. The number of nitrogens with two attached hydrogens (primary N) is 1. The topological polar surface area (TPSA) is 35.2 Å². The zero-order valence-corrected chi connectivity index (χ0v) is 13.2. The van der Waals surface area contributed by atoms with E-state index in [2.05, 4.69) is 15.9 Å². The fourth-order valence-corrected chi connectivity index (χ4v) is 4.14. The van der Waals surface area contributed by atoms with Crippen molar-refractivity contribution in [3.63, 3.8) is 0 Å². The smallest absolute Gasteiger partial charge is 0.128 e. The maximum atomic E-state index is 14.0. The first kappa shape index (κ1) is 14.5. The van der Waals surface area contributed by atoms with Gasteiger partial charge in [-0.25, -0.2) is 4.39 Å². The van der Waals surface area contributed by atoms with Gasteiger partial charge in [0.1, 0.15) is 5.82 Å². The number of rotatable bonds is 2. The van der Waals surface area contributed by atoms with Crippen molar-refractivity contribution < 1.29 is 9.13 Å². The van der Waals surface area contributed by atoms with Crippen LogP contribution in [0.1, 0.15) is 50.1 Å². The largest absolute Gasteiger partial charge is 0.375 e. The summed E-state index contributed by atoms with van der Waals surface area (Å²) in [5.41, 5.74) is 7.03. The molecule has 1 aliphatic carbocycles. The highest BCUT2D eigenvalue weighted by molar-refractivity contribution is 9.10. The molecule has 1 saturated carbocycles. The molecule has 2 N–H and O–H groups in total. The van der Waals surface area contributed by atoms with Gasteiger partial charge < -0.3 is 10.5 Å². The van der Waals surface area contributed by atoms with Crippen molar-refractivity contribution in [1.29, 1.82) is 0 Å². The molecule has 1 aromatic carbocycles. The molecule has 0 bridgehead atoms. The molecule has 2 atom stereocenters. The van der Waals surface area contributed by atoms with Crippen LogP contribution in [0.25, 0.3) is 0 Å². The third kappa shape index (κ3) is 2.78. The van der Waals surface area contributed by atoms with Crippen LogP contribution in [0.2, 0.25) is 0 Å². The lowest BCUT2D eigenvalue weighted by Crippen LogP contribution is -2.40. The van der Waals surface area contributed by atoms with Gasteiger partial charge in [-0.15, -0.1) is 0 Å². The summed E-state index contributed by atoms with van der Waals surface area (Å²) >= 11 is 3.40. The van der Waals surface area contributed by atoms with Gasteiger partial charge in [0.15, 0.2) is 0 Å². The van der Waals surface area contributed by atoms with Crippen molar-refractivity contribution in [3.05, 3.63) is 34.1 Å². The molecule has 2 aliphatic rings. The van der Waals surface area contributed by atoms with Crippen molar-refractivity contribution in [2.45, 2.75) is 50.2 Å². The normalized spacial score (nSPS) is 26.9. The van der Waals surface area contributed by atoms with E-state index in [1.165, 1.54) is 18.9 Å². The number of ether oxygens (including phenoxy) is 1. The summed E-state index contributed by atoms with van der Waals surface area (Å²) in [7, 11) is 0. The standard InChI is InChI=1S/C16H21BrFNO/c17-12-3-4-14(18)13(9-12)15(19)11-5-8-20-16(10-11)6-1-2-7-16/h3-4,9,11,15H,1-2,5-8,10,19H2. The van der Waals surface area contributed by atoms with E-state index in [0.29, 0.717) is 11.5 Å². The Hall–Kier alpha value is -0.450. The molecule has 1 aromatic rings. The molecule has 1 saturated heterocycles. The summed E-state index contributed by atoms with van der Waals surface area (Å²) in [5, 5.41) is 0. The van der Waals surface area contributed by atoms with Gasteiger partial charge >= 0.3 is 0 Å². The molecule has 1 spiro atoms. The second-order valence-electron chi connectivity index (χ2n) is 6.18. The lowest BCUT2D eigenvalue weighted by Gasteiger charge is -2.40. The maximum Gasteiger partial charge on any atom is 0.128 e. The predicted octanol–water partition coefficient (Wildman–Crippen LogP) is 4.33. The average molecular weight is 342 g/mol. The van der Waals surface area contributed by atoms with E-state index in [0.717, 1.165) is 36.8 Å². The molecule has 2 nitrogen and oxygen atoms in total. The van der Waals surface area contributed by atoms with Gasteiger partial charge in [-0.3, -0.25) is 0 Å². The Morgan fingerprint density at radius 2 is 2.10 bits per heavy atom. The Bertz CT molecular complexity index is 487. The Kier molecular flexibility index (Phi) is 4.16. The van der Waals surface area contributed by atoms with E-state index in [1.807, 2.05) is 6.07 Å². The Labute approximate surface area is 128 Å². The fourth-order valence-electron chi connectivity index (χ4n) is 3.76. The first-order valence-electron chi connectivity index (χ1n) is 7.44. The molecule has 20 heavy (non-hydrogen) atoms. The van der Waals surface area contributed by atoms with Crippen LogP contribution in [0.3, 0.4) is 0 Å². The molecule has 4 heteroatoms. The molecule has 3 rings (SSSR count). The van der Waals surface area contributed by atoms with Crippen molar-refractivity contribution >= 4 is 15.9 Å². The second kappa shape index (κ2) is 5.74. The van der Waals surface area contributed by atoms with Crippen LogP contribution in [-0.4, -0.2) is 12.2 Å². The quantitative estimate of drug-likeness (QED) is 0.868. The SMILES string of the molecule is NC(c1cc(Br)ccc1F)C1CCOC2(CCCC2)C1. The first-order chi connectivity index (χ1) is 9.60. The molecule has 1 aliphatic heterocycles. The fraction of sp³-hybridized carbons (Fsp3) is 0.625. The summed E-state index contributed by atoms with van der Waals surface area (Å²) < 4.78 is 20.9. The molecular weight excluding hydrogens is 321 g/mol. The van der Waals surface area contributed by atoms with Crippen LogP contribution in [0.5, 0.6) is 0 Å². The summed E-state index contributed by atoms with van der Waals surface area (Å²) in [4.78, 5) is 0.